The van der Waals surface area contributed by atoms with Crippen LogP contribution in [0.4, 0.5) is 0 Å². The summed E-state index contributed by atoms with van der Waals surface area (Å²) in [5.74, 6) is 0.512. The van der Waals surface area contributed by atoms with Crippen molar-refractivity contribution >= 4 is 5.91 Å². The van der Waals surface area contributed by atoms with Gasteiger partial charge in [-0.1, -0.05) is 11.6 Å². The molecule has 1 aromatic heterocycles. The molecule has 0 radical (unpaired) electrons. The van der Waals surface area contributed by atoms with Gasteiger partial charge in [0.05, 0.1) is 0 Å². The number of piperazine rings is 1. The van der Waals surface area contributed by atoms with Gasteiger partial charge in [-0.05, 0) is 33.4 Å². The number of hydrogen-bond donors (Lipinski definition) is 1. The number of likely N-dealkylation sites (N-methyl/N-ethyl adjacent to an activating group) is 1. The Morgan fingerprint density at radius 3 is 2.71 bits per heavy atom. The molecule has 1 aliphatic heterocycles. The summed E-state index contributed by atoms with van der Waals surface area (Å²) in [5, 5.41) is 6.58. The molecule has 6 nitrogen and oxygen atoms in total. The Morgan fingerprint density at radius 2 is 2.05 bits per heavy atom. The van der Waals surface area contributed by atoms with Gasteiger partial charge in [0.15, 0.2) is 5.69 Å². The summed E-state index contributed by atoms with van der Waals surface area (Å²) in [6, 6.07) is 1.66. The summed E-state index contributed by atoms with van der Waals surface area (Å²) in [6.07, 6.45) is 3.35. The molecule has 0 atom stereocenters. The summed E-state index contributed by atoms with van der Waals surface area (Å²) >= 11 is 0. The van der Waals surface area contributed by atoms with Gasteiger partial charge in [-0.3, -0.25) is 4.79 Å². The third-order valence-corrected chi connectivity index (χ3v) is 3.89. The topological polar surface area (TPSA) is 61.6 Å². The van der Waals surface area contributed by atoms with E-state index in [0.29, 0.717) is 18.0 Å². The van der Waals surface area contributed by atoms with Crippen LogP contribution < -0.4 is 5.32 Å². The van der Waals surface area contributed by atoms with Crippen LogP contribution in [0.25, 0.3) is 0 Å². The standard InChI is InChI=1S/C15H26N4O2/c1-13-12-14(17-21-13)15(20)16-6-4-3-5-7-19-10-8-18(2)9-11-19/h12H,3-11H2,1-2H3,(H,16,20). The summed E-state index contributed by atoms with van der Waals surface area (Å²) < 4.78 is 4.89. The van der Waals surface area contributed by atoms with Gasteiger partial charge in [0.2, 0.25) is 0 Å². The Morgan fingerprint density at radius 1 is 1.29 bits per heavy atom. The molecular weight excluding hydrogens is 268 g/mol. The number of aryl methyl sites for hydroxylation is 1. The lowest BCUT2D eigenvalue weighted by Crippen LogP contribution is -2.44. The molecule has 0 unspecified atom stereocenters. The van der Waals surface area contributed by atoms with E-state index < -0.39 is 0 Å². The lowest BCUT2D eigenvalue weighted by Gasteiger charge is -2.32. The van der Waals surface area contributed by atoms with Crippen LogP contribution in [0, 0.1) is 6.92 Å². The first-order valence-electron chi connectivity index (χ1n) is 7.77. The van der Waals surface area contributed by atoms with Crippen LogP contribution in [0.15, 0.2) is 10.6 Å². The Labute approximate surface area is 126 Å². The van der Waals surface area contributed by atoms with Gasteiger partial charge in [-0.25, -0.2) is 0 Å². The Bertz CT molecular complexity index is 439. The number of aromatic nitrogens is 1. The molecule has 6 heteroatoms. The van der Waals surface area contributed by atoms with Gasteiger partial charge in [-0.2, -0.15) is 0 Å². The molecule has 1 N–H and O–H groups in total. The number of nitrogens with zero attached hydrogens (tertiary/aromatic N) is 3. The molecule has 0 bridgehead atoms. The van der Waals surface area contributed by atoms with Gasteiger partial charge in [0.1, 0.15) is 5.76 Å². The lowest BCUT2D eigenvalue weighted by atomic mass is 10.2. The maximum absolute atomic E-state index is 11.7. The number of carbonyl (C=O) groups excluding carboxylic acids is 1. The van der Waals surface area contributed by atoms with Crippen molar-refractivity contribution in [3.8, 4) is 0 Å². The second-order valence-electron chi connectivity index (χ2n) is 5.78. The quantitative estimate of drug-likeness (QED) is 0.764. The molecule has 1 amide bonds. The van der Waals surface area contributed by atoms with Crippen LogP contribution in [0.1, 0.15) is 35.5 Å². The first kappa shape index (κ1) is 16.0. The summed E-state index contributed by atoms with van der Waals surface area (Å²) in [4.78, 5) is 16.6. The molecule has 2 heterocycles. The van der Waals surface area contributed by atoms with E-state index in [1.807, 2.05) is 0 Å². The van der Waals surface area contributed by atoms with E-state index in [1.165, 1.54) is 39.1 Å². The van der Waals surface area contributed by atoms with Crippen molar-refractivity contribution in [1.29, 1.82) is 0 Å². The van der Waals surface area contributed by atoms with Crippen LogP contribution in [-0.2, 0) is 0 Å². The average Bonchev–Trinajstić information content (AvgIpc) is 2.91. The van der Waals surface area contributed by atoms with Crippen LogP contribution in [-0.4, -0.2) is 67.2 Å². The molecule has 0 aromatic carbocycles. The summed E-state index contributed by atoms with van der Waals surface area (Å²) in [5.41, 5.74) is 0.366. The molecule has 0 spiro atoms. The maximum Gasteiger partial charge on any atom is 0.273 e. The van der Waals surface area contributed by atoms with Crippen molar-refractivity contribution in [2.75, 3.05) is 46.3 Å². The van der Waals surface area contributed by atoms with Crippen molar-refractivity contribution in [2.45, 2.75) is 26.2 Å². The Hall–Kier alpha value is -1.40. The highest BCUT2D eigenvalue weighted by molar-refractivity contribution is 5.92. The van der Waals surface area contributed by atoms with E-state index in [9.17, 15) is 4.79 Å². The zero-order valence-corrected chi connectivity index (χ0v) is 13.1. The number of rotatable bonds is 7. The van der Waals surface area contributed by atoms with Gasteiger partial charge < -0.3 is 19.6 Å². The van der Waals surface area contributed by atoms with Gasteiger partial charge >= 0.3 is 0 Å². The van der Waals surface area contributed by atoms with E-state index in [-0.39, 0.29) is 5.91 Å². The molecule has 21 heavy (non-hydrogen) atoms. The van der Waals surface area contributed by atoms with E-state index in [0.717, 1.165) is 12.8 Å². The van der Waals surface area contributed by atoms with E-state index in [2.05, 4.69) is 27.3 Å². The highest BCUT2D eigenvalue weighted by Gasteiger charge is 2.13. The molecular formula is C15H26N4O2. The minimum absolute atomic E-state index is 0.147. The number of amides is 1. The fourth-order valence-electron chi connectivity index (χ4n) is 2.47. The van der Waals surface area contributed by atoms with Crippen molar-refractivity contribution in [3.05, 3.63) is 17.5 Å². The average molecular weight is 294 g/mol. The molecule has 1 fully saturated rings. The summed E-state index contributed by atoms with van der Waals surface area (Å²) in [6.45, 7) is 8.36. The Kier molecular flexibility index (Phi) is 6.20. The van der Waals surface area contributed by atoms with Crippen LogP contribution >= 0.6 is 0 Å². The number of hydrogen-bond acceptors (Lipinski definition) is 5. The predicted octanol–water partition coefficient (Wildman–Crippen LogP) is 1.13. The maximum atomic E-state index is 11.7. The second kappa shape index (κ2) is 8.14. The number of nitrogens with one attached hydrogen (secondary N) is 1. The zero-order valence-electron chi connectivity index (χ0n) is 13.1. The van der Waals surface area contributed by atoms with E-state index in [4.69, 9.17) is 4.52 Å². The van der Waals surface area contributed by atoms with Crippen LogP contribution in [0.2, 0.25) is 0 Å². The molecule has 1 aromatic rings. The van der Waals surface area contributed by atoms with Crippen molar-refractivity contribution in [2.24, 2.45) is 0 Å². The van der Waals surface area contributed by atoms with Gasteiger partial charge in [-0.15, -0.1) is 0 Å². The van der Waals surface area contributed by atoms with Crippen molar-refractivity contribution in [3.63, 3.8) is 0 Å². The third kappa shape index (κ3) is 5.47. The fourth-order valence-corrected chi connectivity index (χ4v) is 2.47. The summed E-state index contributed by atoms with van der Waals surface area (Å²) in [7, 11) is 2.18. The molecule has 118 valence electrons. The minimum Gasteiger partial charge on any atom is -0.361 e. The Balaban J connectivity index is 1.49. The predicted molar refractivity (Wildman–Crippen MR) is 81.4 cm³/mol. The van der Waals surface area contributed by atoms with E-state index in [1.54, 1.807) is 13.0 Å². The minimum atomic E-state index is -0.147. The first-order valence-corrected chi connectivity index (χ1v) is 7.77. The zero-order chi connectivity index (χ0) is 15.1. The monoisotopic (exact) mass is 294 g/mol. The normalized spacial score (nSPS) is 17.0. The second-order valence-corrected chi connectivity index (χ2v) is 5.78. The van der Waals surface area contributed by atoms with Gasteiger partial charge in [0.25, 0.3) is 5.91 Å². The molecule has 2 rings (SSSR count). The number of carbonyl (C=O) groups is 1. The first-order chi connectivity index (χ1) is 10.1. The third-order valence-electron chi connectivity index (χ3n) is 3.89. The molecule has 0 aliphatic carbocycles. The fraction of sp³-hybridized carbons (Fsp3) is 0.733. The smallest absolute Gasteiger partial charge is 0.273 e. The largest absolute Gasteiger partial charge is 0.361 e. The molecule has 1 saturated heterocycles. The van der Waals surface area contributed by atoms with Crippen molar-refractivity contribution < 1.29 is 9.32 Å². The number of unbranched alkanes of at least 4 members (excludes halogenated alkanes) is 2. The van der Waals surface area contributed by atoms with Gasteiger partial charge in [0, 0.05) is 38.8 Å². The highest BCUT2D eigenvalue weighted by atomic mass is 16.5. The van der Waals surface area contributed by atoms with Crippen molar-refractivity contribution in [1.82, 2.24) is 20.3 Å². The lowest BCUT2D eigenvalue weighted by molar-refractivity contribution is 0.0943. The highest BCUT2D eigenvalue weighted by Crippen LogP contribution is 2.04. The van der Waals surface area contributed by atoms with Crippen LogP contribution in [0.5, 0.6) is 0 Å². The van der Waals surface area contributed by atoms with Crippen LogP contribution in [0.3, 0.4) is 0 Å². The molecule has 0 saturated carbocycles. The molecule has 1 aliphatic rings. The SMILES string of the molecule is Cc1cc(C(=O)NCCCCCN2CCN(C)CC2)no1. The van der Waals surface area contributed by atoms with E-state index >= 15 is 0 Å².